The van der Waals surface area contributed by atoms with E-state index in [1.54, 1.807) is 43.7 Å². The van der Waals surface area contributed by atoms with E-state index in [-0.39, 0.29) is 22.7 Å². The van der Waals surface area contributed by atoms with Crippen molar-refractivity contribution in [1.29, 1.82) is 0 Å². The summed E-state index contributed by atoms with van der Waals surface area (Å²) in [5, 5.41) is 3.56. The van der Waals surface area contributed by atoms with Crippen molar-refractivity contribution in [2.75, 3.05) is 40.9 Å². The molecular weight excluding hydrogens is 624 g/mol. The minimum absolute atomic E-state index is 0.0425. The van der Waals surface area contributed by atoms with E-state index in [0.29, 0.717) is 70.9 Å². The highest BCUT2D eigenvalue weighted by Crippen LogP contribution is 2.40. The van der Waals surface area contributed by atoms with Gasteiger partial charge in [-0.05, 0) is 37.5 Å². The first-order chi connectivity index (χ1) is 22.4. The van der Waals surface area contributed by atoms with Gasteiger partial charge in [0.05, 0.1) is 64.5 Å². The third kappa shape index (κ3) is 7.31. The zero-order valence-corrected chi connectivity index (χ0v) is 27.3. The van der Waals surface area contributed by atoms with Crippen molar-refractivity contribution in [1.82, 2.24) is 19.9 Å². The fourth-order valence-corrected chi connectivity index (χ4v) is 6.39. The maximum absolute atomic E-state index is 15.6. The summed E-state index contributed by atoms with van der Waals surface area (Å²) >= 11 is 0. The topological polar surface area (TPSA) is 122 Å². The first kappa shape index (κ1) is 32.2. The largest absolute Gasteiger partial charge is 0.375 e. The van der Waals surface area contributed by atoms with Crippen LogP contribution >= 0.6 is 0 Å². The Morgan fingerprint density at radius 2 is 1.91 bits per heavy atom. The molecule has 13 heteroatoms. The van der Waals surface area contributed by atoms with Crippen LogP contribution in [0.25, 0.3) is 33.4 Å². The van der Waals surface area contributed by atoms with Gasteiger partial charge in [-0.1, -0.05) is 19.9 Å². The maximum atomic E-state index is 15.6. The smallest absolute Gasteiger partial charge is 0.229 e. The molecule has 244 valence electrons. The summed E-state index contributed by atoms with van der Waals surface area (Å²) in [7, 11) is -3.56. The number of halogens is 2. The molecule has 1 aromatic carbocycles. The second kappa shape index (κ2) is 13.2. The number of sulfonamides is 1. The molecule has 6 rings (SSSR count). The zero-order chi connectivity index (χ0) is 33.3. The van der Waals surface area contributed by atoms with E-state index >= 15 is 4.39 Å². The van der Waals surface area contributed by atoms with Gasteiger partial charge in [0.1, 0.15) is 17.5 Å². The number of nitrogens with zero attached hydrogens (tertiary/aromatic N) is 5. The Morgan fingerprint density at radius 3 is 2.66 bits per heavy atom. The molecule has 2 N–H and O–H groups in total. The van der Waals surface area contributed by atoms with Gasteiger partial charge in [-0.2, -0.15) is 0 Å². The van der Waals surface area contributed by atoms with Crippen LogP contribution in [0.3, 0.4) is 0 Å². The van der Waals surface area contributed by atoms with E-state index in [4.69, 9.17) is 9.72 Å². The van der Waals surface area contributed by atoms with Crippen LogP contribution in [0.4, 0.5) is 31.7 Å². The third-order valence-electron chi connectivity index (χ3n) is 7.85. The van der Waals surface area contributed by atoms with Crippen LogP contribution in [0.5, 0.6) is 0 Å². The Bertz CT molecular complexity index is 2050. The second-order valence-corrected chi connectivity index (χ2v) is 13.8. The number of ether oxygens (including phenoxy) is 1. The van der Waals surface area contributed by atoms with Crippen molar-refractivity contribution in [2.45, 2.75) is 33.3 Å². The van der Waals surface area contributed by atoms with Crippen LogP contribution in [-0.4, -0.2) is 60.4 Å². The Balaban J connectivity index is 1.52. The summed E-state index contributed by atoms with van der Waals surface area (Å²) in [6.07, 6.45) is 8.32. The molecular formula is C34H35F2N7O3S. The van der Waals surface area contributed by atoms with Gasteiger partial charge in [0.15, 0.2) is 0 Å². The highest BCUT2D eigenvalue weighted by atomic mass is 32.2. The van der Waals surface area contributed by atoms with Crippen LogP contribution in [0, 0.1) is 24.5 Å². The van der Waals surface area contributed by atoms with E-state index in [0.717, 1.165) is 18.7 Å². The Labute approximate surface area is 272 Å². The molecule has 0 radical (unpaired) electrons. The monoisotopic (exact) mass is 659 g/mol. The molecule has 1 atom stereocenters. The summed E-state index contributed by atoms with van der Waals surface area (Å²) in [5.41, 5.74) is 4.07. The predicted molar refractivity (Wildman–Crippen MR) is 180 cm³/mol. The summed E-state index contributed by atoms with van der Waals surface area (Å²) in [6.45, 7) is 7.94. The van der Waals surface area contributed by atoms with Gasteiger partial charge in [-0.15, -0.1) is 0 Å². The average molecular weight is 660 g/mol. The third-order valence-corrected chi connectivity index (χ3v) is 8.46. The molecule has 0 spiro atoms. The molecule has 47 heavy (non-hydrogen) atoms. The minimum atomic E-state index is -3.56. The normalized spacial score (nSPS) is 15.3. The van der Waals surface area contributed by atoms with E-state index < -0.39 is 21.7 Å². The van der Waals surface area contributed by atoms with Crippen LogP contribution in [0.15, 0.2) is 67.3 Å². The van der Waals surface area contributed by atoms with Crippen molar-refractivity contribution in [3.05, 3.63) is 84.4 Å². The van der Waals surface area contributed by atoms with Gasteiger partial charge < -0.3 is 15.0 Å². The molecule has 1 unspecified atom stereocenters. The number of pyridine rings is 4. The van der Waals surface area contributed by atoms with Crippen LogP contribution in [-0.2, 0) is 14.8 Å². The minimum Gasteiger partial charge on any atom is -0.375 e. The van der Waals surface area contributed by atoms with E-state index in [1.165, 1.54) is 12.3 Å². The fraction of sp³-hybridized carbons (Fsp3) is 0.294. The molecule has 5 aromatic rings. The lowest BCUT2D eigenvalue weighted by atomic mass is 10.0. The quantitative estimate of drug-likeness (QED) is 0.178. The number of fused-ring (bicyclic) bond motifs is 1. The standard InChI is InChI=1S/C34H35F2N7O3S/c1-20(2)11-25-19-43(9-10-46-25)31-15-29(26(18-39-31)22-12-24(17-37-16-22)42-47(4,44)45)40-34-21(3)33(28-7-5-6-8-38-28)41-30-14-23(35)13-27(36)32(30)34/h5-8,12-18,20,25,42H,9-11,19H2,1-4H3,(H,39,40,41). The van der Waals surface area contributed by atoms with Crippen molar-refractivity contribution < 1.29 is 21.9 Å². The number of hydrogen-bond acceptors (Lipinski definition) is 9. The number of anilines is 4. The summed E-state index contributed by atoms with van der Waals surface area (Å²) in [5.74, 6) is -0.379. The lowest BCUT2D eigenvalue weighted by Crippen LogP contribution is -2.43. The van der Waals surface area contributed by atoms with Gasteiger partial charge in [-0.3, -0.25) is 14.7 Å². The fourth-order valence-electron chi connectivity index (χ4n) is 5.85. The molecule has 4 aromatic heterocycles. The molecule has 1 saturated heterocycles. The summed E-state index contributed by atoms with van der Waals surface area (Å²) in [6, 6.07) is 10.9. The zero-order valence-electron chi connectivity index (χ0n) is 26.5. The van der Waals surface area contributed by atoms with Crippen LogP contribution in [0.1, 0.15) is 25.8 Å². The van der Waals surface area contributed by atoms with Crippen LogP contribution < -0.4 is 14.9 Å². The van der Waals surface area contributed by atoms with E-state index in [1.807, 2.05) is 12.1 Å². The SMILES string of the molecule is Cc1c(-c2ccccn2)nc2cc(F)cc(F)c2c1Nc1cc(N2CCOC(CC(C)C)C2)ncc1-c1cncc(NS(C)(=O)=O)c1. The van der Waals surface area contributed by atoms with Gasteiger partial charge in [0, 0.05) is 66.6 Å². The molecule has 1 fully saturated rings. The Kier molecular flexibility index (Phi) is 9.02. The van der Waals surface area contributed by atoms with Crippen molar-refractivity contribution in [2.24, 2.45) is 5.92 Å². The lowest BCUT2D eigenvalue weighted by Gasteiger charge is -2.35. The Morgan fingerprint density at radius 1 is 1.09 bits per heavy atom. The Hall–Kier alpha value is -4.75. The summed E-state index contributed by atoms with van der Waals surface area (Å²) in [4.78, 5) is 20.3. The number of rotatable bonds is 9. The van der Waals surface area contributed by atoms with Crippen molar-refractivity contribution in [3.63, 3.8) is 0 Å². The lowest BCUT2D eigenvalue weighted by molar-refractivity contribution is 0.0273. The van der Waals surface area contributed by atoms with Crippen molar-refractivity contribution in [3.8, 4) is 22.5 Å². The number of morpholine rings is 1. The highest BCUT2D eigenvalue weighted by Gasteiger charge is 2.25. The summed E-state index contributed by atoms with van der Waals surface area (Å²) < 4.78 is 62.6. The van der Waals surface area contributed by atoms with Crippen LogP contribution in [0.2, 0.25) is 0 Å². The number of nitrogens with one attached hydrogen (secondary N) is 2. The molecule has 0 bridgehead atoms. The molecule has 10 nitrogen and oxygen atoms in total. The van der Waals surface area contributed by atoms with Gasteiger partial charge in [0.2, 0.25) is 10.0 Å². The van der Waals surface area contributed by atoms with Gasteiger partial charge in [-0.25, -0.2) is 27.2 Å². The van der Waals surface area contributed by atoms with Gasteiger partial charge in [0.25, 0.3) is 0 Å². The second-order valence-electron chi connectivity index (χ2n) is 12.1. The molecule has 1 aliphatic heterocycles. The molecule has 0 aliphatic carbocycles. The first-order valence-electron chi connectivity index (χ1n) is 15.2. The number of hydrogen-bond donors (Lipinski definition) is 2. The highest BCUT2D eigenvalue weighted by molar-refractivity contribution is 7.92. The average Bonchev–Trinajstić information content (AvgIpc) is 3.01. The predicted octanol–water partition coefficient (Wildman–Crippen LogP) is 6.71. The van der Waals surface area contributed by atoms with E-state index in [9.17, 15) is 12.8 Å². The van der Waals surface area contributed by atoms with Crippen molar-refractivity contribution >= 4 is 43.8 Å². The van der Waals surface area contributed by atoms with E-state index in [2.05, 4.69) is 43.7 Å². The first-order valence-corrected chi connectivity index (χ1v) is 17.1. The number of aromatic nitrogens is 4. The molecule has 0 amide bonds. The number of benzene rings is 1. The maximum Gasteiger partial charge on any atom is 0.229 e. The van der Waals surface area contributed by atoms with Gasteiger partial charge >= 0.3 is 0 Å². The molecule has 1 aliphatic rings. The molecule has 0 saturated carbocycles. The molecule has 5 heterocycles.